The fourth-order valence-corrected chi connectivity index (χ4v) is 1.96. The molecule has 2 amide bonds. The Morgan fingerprint density at radius 2 is 2.00 bits per heavy atom. The topological polar surface area (TPSA) is 80.2 Å². The van der Waals surface area contributed by atoms with E-state index in [1.165, 1.54) is 17.0 Å². The predicted octanol–water partition coefficient (Wildman–Crippen LogP) is -0.230. The number of hydrogen-bond donors (Lipinski definition) is 2. The lowest BCUT2D eigenvalue weighted by Gasteiger charge is -2.26. The average molecular weight is 290 g/mol. The molecule has 0 spiro atoms. The first-order valence-electron chi connectivity index (χ1n) is 5.09. The van der Waals surface area contributed by atoms with Gasteiger partial charge in [0, 0.05) is 18.9 Å². The summed E-state index contributed by atoms with van der Waals surface area (Å²) in [6.07, 6.45) is 2.63. The lowest BCUT2D eigenvalue weighted by Crippen LogP contribution is -2.62. The molecule has 0 aliphatic carbocycles. The van der Waals surface area contributed by atoms with Gasteiger partial charge in [-0.1, -0.05) is 23.2 Å². The second-order valence-electron chi connectivity index (χ2n) is 3.82. The molecule has 96 valence electrons. The highest BCUT2D eigenvalue weighted by Gasteiger charge is 2.28. The molecule has 2 heterocycles. The van der Waals surface area contributed by atoms with Crippen LogP contribution in [0.5, 0.6) is 0 Å². The lowest BCUT2D eigenvalue weighted by molar-refractivity contribution is -0.133. The van der Waals surface area contributed by atoms with Crippen LogP contribution < -0.4 is 16.1 Å². The molecule has 0 saturated carbocycles. The first kappa shape index (κ1) is 12.9. The third-order valence-electron chi connectivity index (χ3n) is 2.45. The van der Waals surface area contributed by atoms with Crippen molar-refractivity contribution in [2.24, 2.45) is 0 Å². The minimum Gasteiger partial charge on any atom is -0.352 e. The molecule has 0 bridgehead atoms. The van der Waals surface area contributed by atoms with Crippen molar-refractivity contribution in [2.75, 3.05) is 6.54 Å². The Kier molecular flexibility index (Phi) is 3.58. The summed E-state index contributed by atoms with van der Waals surface area (Å²) in [5.41, 5.74) is -0.478. The molecule has 1 fully saturated rings. The largest absolute Gasteiger partial charge is 0.352 e. The number of halogens is 2. The molecular weight excluding hydrogens is 281 g/mol. The van der Waals surface area contributed by atoms with Gasteiger partial charge in [0.05, 0.1) is 0 Å². The van der Waals surface area contributed by atoms with Crippen LogP contribution in [0.1, 0.15) is 0 Å². The van der Waals surface area contributed by atoms with E-state index in [0.29, 0.717) is 6.54 Å². The van der Waals surface area contributed by atoms with E-state index >= 15 is 0 Å². The van der Waals surface area contributed by atoms with Gasteiger partial charge in [0.2, 0.25) is 17.2 Å². The van der Waals surface area contributed by atoms with Crippen LogP contribution in [-0.4, -0.2) is 29.0 Å². The zero-order valence-corrected chi connectivity index (χ0v) is 10.6. The van der Waals surface area contributed by atoms with Crippen LogP contribution in [-0.2, 0) is 16.1 Å². The van der Waals surface area contributed by atoms with Gasteiger partial charge in [-0.15, -0.1) is 0 Å². The maximum atomic E-state index is 11.6. The molecule has 6 nitrogen and oxygen atoms in total. The molecule has 2 N–H and O–H groups in total. The van der Waals surface area contributed by atoms with Gasteiger partial charge in [-0.2, -0.15) is 0 Å². The third-order valence-corrected chi connectivity index (χ3v) is 2.99. The smallest absolute Gasteiger partial charge is 0.244 e. The average Bonchev–Trinajstić information content (AvgIpc) is 2.31. The van der Waals surface area contributed by atoms with Crippen LogP contribution in [0.2, 0.25) is 10.0 Å². The fourth-order valence-electron chi connectivity index (χ4n) is 1.46. The molecule has 18 heavy (non-hydrogen) atoms. The van der Waals surface area contributed by atoms with E-state index in [9.17, 15) is 14.4 Å². The SMILES string of the molecule is O=C(Cn1cc(Cl)c(=O)c(Cl)c1)NC1CNC1=O. The number of β-lactam (4-membered cyclic amide) rings is 1. The molecule has 1 aliphatic rings. The number of hydrogen-bond acceptors (Lipinski definition) is 3. The van der Waals surface area contributed by atoms with Crippen molar-refractivity contribution < 1.29 is 9.59 Å². The first-order valence-corrected chi connectivity index (χ1v) is 5.85. The molecule has 0 radical (unpaired) electrons. The van der Waals surface area contributed by atoms with Gasteiger partial charge in [-0.25, -0.2) is 0 Å². The van der Waals surface area contributed by atoms with Crippen molar-refractivity contribution in [2.45, 2.75) is 12.6 Å². The van der Waals surface area contributed by atoms with Crippen molar-refractivity contribution in [1.82, 2.24) is 15.2 Å². The highest BCUT2D eigenvalue weighted by Crippen LogP contribution is 2.08. The van der Waals surface area contributed by atoms with E-state index in [0.717, 1.165) is 0 Å². The normalized spacial score (nSPS) is 17.9. The highest BCUT2D eigenvalue weighted by atomic mass is 35.5. The minimum atomic E-state index is -0.483. The zero-order valence-electron chi connectivity index (χ0n) is 9.07. The monoisotopic (exact) mass is 289 g/mol. The summed E-state index contributed by atoms with van der Waals surface area (Å²) in [7, 11) is 0. The highest BCUT2D eigenvalue weighted by molar-refractivity contribution is 6.34. The number of pyridine rings is 1. The van der Waals surface area contributed by atoms with Crippen molar-refractivity contribution in [3.63, 3.8) is 0 Å². The second-order valence-corrected chi connectivity index (χ2v) is 4.64. The number of carbonyl (C=O) groups excluding carboxylic acids is 2. The quantitative estimate of drug-likeness (QED) is 0.755. The van der Waals surface area contributed by atoms with Crippen LogP contribution in [0.25, 0.3) is 0 Å². The maximum absolute atomic E-state index is 11.6. The summed E-state index contributed by atoms with van der Waals surface area (Å²) in [5.74, 6) is -0.565. The number of carbonyl (C=O) groups is 2. The summed E-state index contributed by atoms with van der Waals surface area (Å²) < 4.78 is 1.39. The van der Waals surface area contributed by atoms with E-state index in [-0.39, 0.29) is 28.4 Å². The van der Waals surface area contributed by atoms with Gasteiger partial charge in [-0.05, 0) is 0 Å². The van der Waals surface area contributed by atoms with Gasteiger partial charge >= 0.3 is 0 Å². The maximum Gasteiger partial charge on any atom is 0.244 e. The Balaban J connectivity index is 2.03. The number of aromatic nitrogens is 1. The Hall–Kier alpha value is -1.53. The summed E-state index contributed by atoms with van der Waals surface area (Å²) in [6, 6.07) is -0.483. The lowest BCUT2D eigenvalue weighted by atomic mass is 10.1. The third kappa shape index (κ3) is 2.65. The molecule has 2 rings (SSSR count). The van der Waals surface area contributed by atoms with Crippen LogP contribution in [0.4, 0.5) is 0 Å². The second kappa shape index (κ2) is 4.99. The van der Waals surface area contributed by atoms with E-state index in [2.05, 4.69) is 10.6 Å². The molecule has 1 atom stereocenters. The summed E-state index contributed by atoms with van der Waals surface area (Å²) in [5, 5.41) is 4.92. The summed E-state index contributed by atoms with van der Waals surface area (Å²) >= 11 is 11.3. The molecular formula is C10H9Cl2N3O3. The van der Waals surface area contributed by atoms with Gasteiger partial charge in [0.15, 0.2) is 0 Å². The number of nitrogens with zero attached hydrogens (tertiary/aromatic N) is 1. The van der Waals surface area contributed by atoms with Crippen LogP contribution >= 0.6 is 23.2 Å². The standard InChI is InChI=1S/C10H9Cl2N3O3/c11-5-2-15(3-6(12)9(5)17)4-8(16)14-7-1-13-10(7)18/h2-3,7H,1,4H2,(H,13,18)(H,14,16). The Morgan fingerprint density at radius 1 is 1.39 bits per heavy atom. The Bertz CT molecular complexity index is 544. The van der Waals surface area contributed by atoms with Crippen LogP contribution in [0, 0.1) is 0 Å². The van der Waals surface area contributed by atoms with Crippen molar-refractivity contribution >= 4 is 35.0 Å². The van der Waals surface area contributed by atoms with E-state index in [1.54, 1.807) is 0 Å². The molecule has 1 aliphatic heterocycles. The Labute approximate surface area is 112 Å². The van der Waals surface area contributed by atoms with Crippen molar-refractivity contribution in [3.05, 3.63) is 32.7 Å². The van der Waals surface area contributed by atoms with Gasteiger partial charge < -0.3 is 15.2 Å². The molecule has 0 aromatic carbocycles. The van der Waals surface area contributed by atoms with Crippen molar-refractivity contribution in [1.29, 1.82) is 0 Å². The van der Waals surface area contributed by atoms with Crippen LogP contribution in [0.3, 0.4) is 0 Å². The summed E-state index contributed by atoms with van der Waals surface area (Å²) in [6.45, 7) is 0.361. The number of amides is 2. The van der Waals surface area contributed by atoms with Gasteiger partial charge in [0.1, 0.15) is 22.6 Å². The van der Waals surface area contributed by atoms with Gasteiger partial charge in [-0.3, -0.25) is 14.4 Å². The predicted molar refractivity (Wildman–Crippen MR) is 65.7 cm³/mol. The van der Waals surface area contributed by atoms with Crippen molar-refractivity contribution in [3.8, 4) is 0 Å². The summed E-state index contributed by atoms with van der Waals surface area (Å²) in [4.78, 5) is 33.8. The molecule has 8 heteroatoms. The Morgan fingerprint density at radius 3 is 2.44 bits per heavy atom. The van der Waals surface area contributed by atoms with Crippen LogP contribution in [0.15, 0.2) is 17.2 Å². The van der Waals surface area contributed by atoms with E-state index in [4.69, 9.17) is 23.2 Å². The van der Waals surface area contributed by atoms with E-state index in [1.807, 2.05) is 0 Å². The minimum absolute atomic E-state index is 0.0586. The molecule has 1 unspecified atom stereocenters. The number of nitrogens with one attached hydrogen (secondary N) is 2. The molecule has 1 saturated heterocycles. The van der Waals surface area contributed by atoms with E-state index < -0.39 is 11.5 Å². The zero-order chi connectivity index (χ0) is 13.3. The fraction of sp³-hybridized carbons (Fsp3) is 0.300. The van der Waals surface area contributed by atoms with Gasteiger partial charge in [0.25, 0.3) is 0 Å². The number of rotatable bonds is 3. The first-order chi connectivity index (χ1) is 8.47. The molecule has 1 aromatic heterocycles. The molecule has 1 aromatic rings.